The molecule has 3 amide bonds. The van der Waals surface area contributed by atoms with Crippen molar-refractivity contribution in [1.82, 2.24) is 15.9 Å². The van der Waals surface area contributed by atoms with Gasteiger partial charge < -0.3 is 10.5 Å². The third kappa shape index (κ3) is 10.2. The zero-order valence-electron chi connectivity index (χ0n) is 24.1. The summed E-state index contributed by atoms with van der Waals surface area (Å²) in [4.78, 5) is 46.2. The highest BCUT2D eigenvalue weighted by Gasteiger charge is 2.37. The van der Waals surface area contributed by atoms with Crippen LogP contribution < -0.4 is 16.6 Å². The third-order valence-electron chi connectivity index (χ3n) is 7.23. The molecule has 0 aliphatic carbocycles. The van der Waals surface area contributed by atoms with E-state index in [4.69, 9.17) is 15.3 Å². The predicted molar refractivity (Wildman–Crippen MR) is 158 cm³/mol. The summed E-state index contributed by atoms with van der Waals surface area (Å²) in [6.07, 6.45) is 8.32. The van der Waals surface area contributed by atoms with Crippen LogP contribution in [0.5, 0.6) is 0 Å². The fraction of sp³-hybridized carbons (Fsp3) is 0.633. The summed E-state index contributed by atoms with van der Waals surface area (Å²) in [5.41, 5.74) is 12.5. The average molecular weight is 575 g/mol. The number of carbonyl (C=O) groups is 3. The van der Waals surface area contributed by atoms with Gasteiger partial charge >= 0.3 is 0 Å². The number of hydrazine groups is 1. The molecule has 2 saturated heterocycles. The van der Waals surface area contributed by atoms with Crippen molar-refractivity contribution < 1.29 is 24.0 Å². The Hall–Kier alpha value is -2.40. The van der Waals surface area contributed by atoms with Gasteiger partial charge in [0.1, 0.15) is 0 Å². The molecule has 4 atom stereocenters. The Morgan fingerprint density at radius 3 is 2.42 bits per heavy atom. The van der Waals surface area contributed by atoms with E-state index in [0.717, 1.165) is 42.8 Å². The van der Waals surface area contributed by atoms with Crippen LogP contribution in [0.4, 0.5) is 0 Å². The lowest BCUT2D eigenvalue weighted by Gasteiger charge is -2.37. The maximum Gasteiger partial charge on any atom is 0.257 e. The molecule has 0 bridgehead atoms. The molecule has 0 spiro atoms. The maximum absolute atomic E-state index is 13.9. The van der Waals surface area contributed by atoms with E-state index in [0.29, 0.717) is 25.9 Å². The molecule has 40 heavy (non-hydrogen) atoms. The second-order valence-corrected chi connectivity index (χ2v) is 12.3. The van der Waals surface area contributed by atoms with E-state index in [-0.39, 0.29) is 29.7 Å². The van der Waals surface area contributed by atoms with Crippen LogP contribution in [-0.2, 0) is 24.0 Å². The lowest BCUT2D eigenvalue weighted by molar-refractivity contribution is -0.203. The van der Waals surface area contributed by atoms with E-state index in [2.05, 4.69) is 10.9 Å². The van der Waals surface area contributed by atoms with E-state index in [9.17, 15) is 14.4 Å². The van der Waals surface area contributed by atoms with Crippen molar-refractivity contribution >= 4 is 35.6 Å². The standard InChI is InChI=1S/C30H46N4O5S/c1-21(2)20-26(28(35)32-34(30(37)22(3)31)24-15-18-40-19-16-24)25(13-9-12-23-10-5-4-6-11-23)29(36)33-39-27-14-7-8-17-38-27/h4-6,9-12,21-22,24-27H,7-8,13-20,31H2,1-3H3,(H,32,35)(H,33,36)/b12-9+/t22-,25+,26-,27?/m1/s1. The van der Waals surface area contributed by atoms with E-state index < -0.39 is 24.2 Å². The highest BCUT2D eigenvalue weighted by molar-refractivity contribution is 7.99. The van der Waals surface area contributed by atoms with E-state index in [1.54, 1.807) is 6.92 Å². The number of rotatable bonds is 12. The van der Waals surface area contributed by atoms with Gasteiger partial charge in [-0.25, -0.2) is 15.3 Å². The van der Waals surface area contributed by atoms with Crippen LogP contribution in [0, 0.1) is 17.8 Å². The summed E-state index contributed by atoms with van der Waals surface area (Å²) in [6, 6.07) is 8.92. The number of thioether (sulfide) groups is 1. The molecular formula is C30H46N4O5S. The first kappa shape index (κ1) is 32.1. The first-order chi connectivity index (χ1) is 19.3. The van der Waals surface area contributed by atoms with Crippen LogP contribution in [0.2, 0.25) is 0 Å². The monoisotopic (exact) mass is 574 g/mol. The number of amides is 3. The number of hydroxylamine groups is 1. The normalized spacial score (nSPS) is 20.6. The van der Waals surface area contributed by atoms with Crippen LogP contribution in [0.25, 0.3) is 6.08 Å². The van der Waals surface area contributed by atoms with Crippen LogP contribution in [0.1, 0.15) is 71.3 Å². The predicted octanol–water partition coefficient (Wildman–Crippen LogP) is 4.05. The highest BCUT2D eigenvalue weighted by Crippen LogP contribution is 2.27. The molecule has 2 aliphatic rings. The minimum absolute atomic E-state index is 0.125. The van der Waals surface area contributed by atoms with Gasteiger partial charge in [0.25, 0.3) is 5.91 Å². The van der Waals surface area contributed by atoms with Gasteiger partial charge in [0.15, 0.2) is 6.29 Å². The molecule has 10 heteroatoms. The Kier molecular flexibility index (Phi) is 13.5. The number of hydrogen-bond acceptors (Lipinski definition) is 7. The van der Waals surface area contributed by atoms with Gasteiger partial charge in [-0.1, -0.05) is 56.3 Å². The SMILES string of the molecule is CC(C)C[C@@H](C(=O)NN(C(=O)[C@@H](C)N)C1CCSCC1)[C@H](C/C=C/c1ccccc1)C(=O)NOC1CCCCO1. The number of nitrogens with one attached hydrogen (secondary N) is 2. The molecule has 0 saturated carbocycles. The summed E-state index contributed by atoms with van der Waals surface area (Å²) in [6.45, 7) is 6.25. The maximum atomic E-state index is 13.9. The fourth-order valence-corrected chi connectivity index (χ4v) is 6.11. The Morgan fingerprint density at radius 1 is 1.07 bits per heavy atom. The molecule has 1 unspecified atom stereocenters. The Morgan fingerprint density at radius 2 is 1.80 bits per heavy atom. The Bertz CT molecular complexity index is 962. The van der Waals surface area contributed by atoms with E-state index >= 15 is 0 Å². The lowest BCUT2D eigenvalue weighted by atomic mass is 9.82. The van der Waals surface area contributed by atoms with Crippen molar-refractivity contribution in [1.29, 1.82) is 0 Å². The molecule has 2 fully saturated rings. The van der Waals surface area contributed by atoms with E-state index in [1.807, 2.05) is 68.1 Å². The minimum atomic E-state index is -0.754. The van der Waals surface area contributed by atoms with Crippen molar-refractivity contribution in [2.24, 2.45) is 23.5 Å². The van der Waals surface area contributed by atoms with Crippen LogP contribution >= 0.6 is 11.8 Å². The second-order valence-electron chi connectivity index (χ2n) is 11.1. The largest absolute Gasteiger partial charge is 0.350 e. The van der Waals surface area contributed by atoms with Gasteiger partial charge in [-0.2, -0.15) is 11.8 Å². The molecule has 1 aromatic rings. The number of allylic oxidation sites excluding steroid dienone is 1. The molecule has 0 radical (unpaired) electrons. The summed E-state index contributed by atoms with van der Waals surface area (Å²) in [5.74, 6) is -0.525. The quantitative estimate of drug-likeness (QED) is 0.322. The molecule has 3 rings (SSSR count). The molecule has 0 aromatic heterocycles. The molecule has 9 nitrogen and oxygen atoms in total. The van der Waals surface area contributed by atoms with Gasteiger partial charge in [0.2, 0.25) is 11.8 Å². The van der Waals surface area contributed by atoms with Gasteiger partial charge in [-0.3, -0.25) is 19.8 Å². The van der Waals surface area contributed by atoms with Gasteiger partial charge in [0, 0.05) is 13.0 Å². The molecular weight excluding hydrogens is 528 g/mol. The van der Waals surface area contributed by atoms with Crippen LogP contribution in [0.3, 0.4) is 0 Å². The lowest BCUT2D eigenvalue weighted by Crippen LogP contribution is -2.59. The molecule has 2 heterocycles. The topological polar surface area (TPSA) is 123 Å². The second kappa shape index (κ2) is 16.8. The number of nitrogens with two attached hydrogens (primary N) is 1. The Labute approximate surface area is 242 Å². The highest BCUT2D eigenvalue weighted by atomic mass is 32.2. The van der Waals surface area contributed by atoms with Crippen LogP contribution in [-0.4, -0.2) is 59.2 Å². The molecule has 1 aromatic carbocycles. The summed E-state index contributed by atoms with van der Waals surface area (Å²) < 4.78 is 5.60. The number of nitrogens with zero attached hydrogens (tertiary/aromatic N) is 1. The summed E-state index contributed by atoms with van der Waals surface area (Å²) in [7, 11) is 0. The fourth-order valence-electron chi connectivity index (χ4n) is 5.03. The average Bonchev–Trinajstić information content (AvgIpc) is 2.96. The van der Waals surface area contributed by atoms with Crippen molar-refractivity contribution in [2.45, 2.75) is 84.1 Å². The Balaban J connectivity index is 1.83. The first-order valence-corrected chi connectivity index (χ1v) is 15.7. The number of hydrogen-bond donors (Lipinski definition) is 3. The van der Waals surface area contributed by atoms with Crippen molar-refractivity contribution in [3.63, 3.8) is 0 Å². The van der Waals surface area contributed by atoms with Crippen molar-refractivity contribution in [3.8, 4) is 0 Å². The third-order valence-corrected chi connectivity index (χ3v) is 8.28. The smallest absolute Gasteiger partial charge is 0.257 e. The number of ether oxygens (including phenoxy) is 1. The van der Waals surface area contributed by atoms with Gasteiger partial charge in [0.05, 0.1) is 23.9 Å². The van der Waals surface area contributed by atoms with Gasteiger partial charge in [-0.15, -0.1) is 0 Å². The zero-order chi connectivity index (χ0) is 28.9. The van der Waals surface area contributed by atoms with Crippen LogP contribution in [0.15, 0.2) is 36.4 Å². The first-order valence-electron chi connectivity index (χ1n) is 14.5. The summed E-state index contributed by atoms with van der Waals surface area (Å²) in [5, 5.41) is 1.43. The number of carbonyl (C=O) groups excluding carboxylic acids is 3. The minimum Gasteiger partial charge on any atom is -0.350 e. The van der Waals surface area contributed by atoms with Gasteiger partial charge in [-0.05, 0) is 68.4 Å². The van der Waals surface area contributed by atoms with Crippen molar-refractivity contribution in [2.75, 3.05) is 18.1 Å². The molecule has 222 valence electrons. The molecule has 2 aliphatic heterocycles. The molecule has 4 N–H and O–H groups in total. The summed E-state index contributed by atoms with van der Waals surface area (Å²) >= 11 is 1.84. The zero-order valence-corrected chi connectivity index (χ0v) is 24.9. The van der Waals surface area contributed by atoms with E-state index in [1.165, 1.54) is 5.01 Å². The number of benzene rings is 1. The van der Waals surface area contributed by atoms with Crippen molar-refractivity contribution in [3.05, 3.63) is 42.0 Å².